The molecule has 2 aromatic carbocycles. The Bertz CT molecular complexity index is 1100. The number of para-hydroxylation sites is 1. The Hall–Kier alpha value is -3.54. The number of rotatable bonds is 7. The second-order valence-electron chi connectivity index (χ2n) is 9.07. The van der Waals surface area contributed by atoms with E-state index >= 15 is 0 Å². The lowest BCUT2D eigenvalue weighted by molar-refractivity contribution is -0.134. The number of amides is 1. The van der Waals surface area contributed by atoms with Crippen molar-refractivity contribution in [3.05, 3.63) is 72.4 Å². The molecule has 6 nitrogen and oxygen atoms in total. The zero-order chi connectivity index (χ0) is 22.6. The summed E-state index contributed by atoms with van der Waals surface area (Å²) in [5.41, 5.74) is 9.17. The fourth-order valence-electron chi connectivity index (χ4n) is 4.54. The van der Waals surface area contributed by atoms with Gasteiger partial charge in [0.05, 0.1) is 5.69 Å². The Balaban J connectivity index is 1.27. The van der Waals surface area contributed by atoms with Crippen LogP contribution in [0, 0.1) is 11.8 Å². The highest BCUT2D eigenvalue weighted by molar-refractivity contribution is 5.81. The number of carbonyl (C=O) groups is 1. The fraction of sp³-hybridized carbons (Fsp3) is 0.333. The number of nitrogen functional groups attached to an aromatic ring is 1. The molecule has 1 aromatic heterocycles. The van der Waals surface area contributed by atoms with E-state index in [0.29, 0.717) is 17.6 Å². The Kier molecular flexibility index (Phi) is 6.15. The number of piperidine rings is 1. The molecule has 0 radical (unpaired) electrons. The number of likely N-dealkylation sites (tertiary alicyclic amines) is 1. The SMILES string of the molecule is Nc1nccc(C[C@@H]2CCCN(C(=O)C3CC3)C2)c1Nc1ccc(Oc2ccccc2)cc1. The number of carbonyl (C=O) groups excluding carboxylic acids is 1. The lowest BCUT2D eigenvalue weighted by Crippen LogP contribution is -2.41. The van der Waals surface area contributed by atoms with Gasteiger partial charge in [-0.25, -0.2) is 4.98 Å². The van der Waals surface area contributed by atoms with E-state index in [1.807, 2.05) is 60.7 Å². The molecule has 170 valence electrons. The minimum Gasteiger partial charge on any atom is -0.457 e. The molecular formula is C27H30N4O2. The van der Waals surface area contributed by atoms with Gasteiger partial charge in [0.2, 0.25) is 5.91 Å². The summed E-state index contributed by atoms with van der Waals surface area (Å²) < 4.78 is 5.89. The van der Waals surface area contributed by atoms with Crippen LogP contribution in [0.25, 0.3) is 0 Å². The first-order valence-electron chi connectivity index (χ1n) is 11.8. The minimum absolute atomic E-state index is 0.284. The third-order valence-electron chi connectivity index (χ3n) is 6.43. The first-order chi connectivity index (χ1) is 16.2. The van der Waals surface area contributed by atoms with Crippen LogP contribution in [0.1, 0.15) is 31.2 Å². The number of anilines is 3. The summed E-state index contributed by atoms with van der Waals surface area (Å²) in [6.45, 7) is 1.73. The number of nitrogens with one attached hydrogen (secondary N) is 1. The normalized spacial score (nSPS) is 18.1. The van der Waals surface area contributed by atoms with Crippen molar-refractivity contribution in [2.45, 2.75) is 32.1 Å². The number of hydrogen-bond donors (Lipinski definition) is 2. The van der Waals surface area contributed by atoms with E-state index in [-0.39, 0.29) is 5.92 Å². The van der Waals surface area contributed by atoms with Crippen molar-refractivity contribution < 1.29 is 9.53 Å². The zero-order valence-corrected chi connectivity index (χ0v) is 18.7. The molecule has 33 heavy (non-hydrogen) atoms. The summed E-state index contributed by atoms with van der Waals surface area (Å²) in [6.07, 6.45) is 6.95. The molecular weight excluding hydrogens is 412 g/mol. The molecule has 3 N–H and O–H groups in total. The topological polar surface area (TPSA) is 80.5 Å². The Morgan fingerprint density at radius 2 is 1.79 bits per heavy atom. The van der Waals surface area contributed by atoms with Crippen molar-refractivity contribution in [1.29, 1.82) is 0 Å². The second-order valence-corrected chi connectivity index (χ2v) is 9.07. The lowest BCUT2D eigenvalue weighted by atomic mass is 9.90. The lowest BCUT2D eigenvalue weighted by Gasteiger charge is -2.33. The van der Waals surface area contributed by atoms with Gasteiger partial charge in [-0.15, -0.1) is 0 Å². The molecule has 1 aliphatic heterocycles. The van der Waals surface area contributed by atoms with Crippen molar-refractivity contribution in [1.82, 2.24) is 9.88 Å². The number of benzene rings is 2. The molecule has 2 aliphatic rings. The number of pyridine rings is 1. The first kappa shape index (κ1) is 21.3. The van der Waals surface area contributed by atoms with Crippen LogP contribution in [0.15, 0.2) is 66.9 Å². The number of nitrogens with two attached hydrogens (primary N) is 1. The van der Waals surface area contributed by atoms with Crippen LogP contribution in [0.5, 0.6) is 11.5 Å². The van der Waals surface area contributed by atoms with E-state index in [2.05, 4.69) is 15.2 Å². The Morgan fingerprint density at radius 3 is 2.55 bits per heavy atom. The van der Waals surface area contributed by atoms with Crippen LogP contribution < -0.4 is 15.8 Å². The molecule has 0 unspecified atom stereocenters. The quantitative estimate of drug-likeness (QED) is 0.513. The van der Waals surface area contributed by atoms with E-state index in [9.17, 15) is 4.79 Å². The fourth-order valence-corrected chi connectivity index (χ4v) is 4.54. The molecule has 1 saturated heterocycles. The van der Waals surface area contributed by atoms with Gasteiger partial charge in [0.1, 0.15) is 17.3 Å². The number of nitrogens with zero attached hydrogens (tertiary/aromatic N) is 2. The predicted molar refractivity (Wildman–Crippen MR) is 131 cm³/mol. The summed E-state index contributed by atoms with van der Waals surface area (Å²) in [6, 6.07) is 19.6. The highest BCUT2D eigenvalue weighted by atomic mass is 16.5. The van der Waals surface area contributed by atoms with Crippen LogP contribution in [0.4, 0.5) is 17.2 Å². The van der Waals surface area contributed by atoms with Gasteiger partial charge in [0.15, 0.2) is 0 Å². The van der Waals surface area contributed by atoms with Gasteiger partial charge < -0.3 is 20.7 Å². The van der Waals surface area contributed by atoms with Crippen LogP contribution >= 0.6 is 0 Å². The molecule has 6 heteroatoms. The van der Waals surface area contributed by atoms with E-state index in [0.717, 1.165) is 73.6 Å². The van der Waals surface area contributed by atoms with Gasteiger partial charge >= 0.3 is 0 Å². The minimum atomic E-state index is 0.284. The van der Waals surface area contributed by atoms with Gasteiger partial charge in [-0.1, -0.05) is 18.2 Å². The Morgan fingerprint density at radius 1 is 1.03 bits per heavy atom. The summed E-state index contributed by atoms with van der Waals surface area (Å²) in [4.78, 5) is 18.9. The molecule has 1 saturated carbocycles. The predicted octanol–water partition coefficient (Wildman–Crippen LogP) is 5.39. The van der Waals surface area contributed by atoms with E-state index in [4.69, 9.17) is 10.5 Å². The number of hydrogen-bond acceptors (Lipinski definition) is 5. The van der Waals surface area contributed by atoms with Crippen molar-refractivity contribution in [2.75, 3.05) is 24.1 Å². The van der Waals surface area contributed by atoms with Crippen molar-refractivity contribution in [2.24, 2.45) is 11.8 Å². The third kappa shape index (κ3) is 5.28. The maximum absolute atomic E-state index is 12.5. The van der Waals surface area contributed by atoms with Gasteiger partial charge in [-0.3, -0.25) is 4.79 Å². The molecule has 5 rings (SSSR count). The molecule has 0 spiro atoms. The number of ether oxygens (including phenoxy) is 1. The molecule has 3 aromatic rings. The van der Waals surface area contributed by atoms with Crippen molar-refractivity contribution in [3.63, 3.8) is 0 Å². The van der Waals surface area contributed by atoms with E-state index in [1.54, 1.807) is 6.20 Å². The molecule has 0 bridgehead atoms. The summed E-state index contributed by atoms with van der Waals surface area (Å²) >= 11 is 0. The summed E-state index contributed by atoms with van der Waals surface area (Å²) in [7, 11) is 0. The maximum atomic E-state index is 12.5. The standard InChI is InChI=1S/C27H30N4O2/c28-26-25(30-22-10-12-24(13-11-22)33-23-6-2-1-3-7-23)21(14-15-29-26)17-19-5-4-16-31(18-19)27(32)20-8-9-20/h1-3,6-7,10-15,19-20,30H,4-5,8-9,16-18H2,(H2,28,29)/t19-/m0/s1. The average molecular weight is 443 g/mol. The maximum Gasteiger partial charge on any atom is 0.225 e. The average Bonchev–Trinajstić information content (AvgIpc) is 3.68. The third-order valence-corrected chi connectivity index (χ3v) is 6.43. The van der Waals surface area contributed by atoms with Crippen LogP contribution in [-0.2, 0) is 11.2 Å². The molecule has 1 amide bonds. The van der Waals surface area contributed by atoms with Crippen LogP contribution in [-0.4, -0.2) is 28.9 Å². The summed E-state index contributed by atoms with van der Waals surface area (Å²) in [5, 5.41) is 3.46. The monoisotopic (exact) mass is 442 g/mol. The molecule has 1 aliphatic carbocycles. The van der Waals surface area contributed by atoms with Gasteiger partial charge in [-0.2, -0.15) is 0 Å². The van der Waals surface area contributed by atoms with Gasteiger partial charge in [0.25, 0.3) is 0 Å². The van der Waals surface area contributed by atoms with Crippen molar-refractivity contribution >= 4 is 23.1 Å². The Labute approximate surface area is 194 Å². The van der Waals surface area contributed by atoms with Gasteiger partial charge in [-0.05, 0) is 86.1 Å². The van der Waals surface area contributed by atoms with Gasteiger partial charge in [0, 0.05) is 30.9 Å². The summed E-state index contributed by atoms with van der Waals surface area (Å²) in [5.74, 6) is 3.13. The molecule has 2 heterocycles. The second kappa shape index (κ2) is 9.53. The smallest absolute Gasteiger partial charge is 0.225 e. The van der Waals surface area contributed by atoms with Crippen LogP contribution in [0.3, 0.4) is 0 Å². The molecule has 1 atom stereocenters. The number of aromatic nitrogens is 1. The van der Waals surface area contributed by atoms with Crippen LogP contribution in [0.2, 0.25) is 0 Å². The largest absolute Gasteiger partial charge is 0.457 e. The zero-order valence-electron chi connectivity index (χ0n) is 18.7. The van der Waals surface area contributed by atoms with E-state index in [1.165, 1.54) is 0 Å². The van der Waals surface area contributed by atoms with Crippen molar-refractivity contribution in [3.8, 4) is 11.5 Å². The highest BCUT2D eigenvalue weighted by Crippen LogP contribution is 2.34. The first-order valence-corrected chi connectivity index (χ1v) is 11.8. The highest BCUT2D eigenvalue weighted by Gasteiger charge is 2.35. The molecule has 2 fully saturated rings. The van der Waals surface area contributed by atoms with E-state index < -0.39 is 0 Å².